The first-order valence-electron chi connectivity index (χ1n) is 4.65. The highest BCUT2D eigenvalue weighted by molar-refractivity contribution is 7.71. The minimum atomic E-state index is -0.216. The summed E-state index contributed by atoms with van der Waals surface area (Å²) in [6.45, 7) is 2.54. The van der Waals surface area contributed by atoms with Gasteiger partial charge in [-0.2, -0.15) is 0 Å². The van der Waals surface area contributed by atoms with E-state index in [9.17, 15) is 4.39 Å². The summed E-state index contributed by atoms with van der Waals surface area (Å²) in [4.78, 5) is 3.03. The van der Waals surface area contributed by atoms with Gasteiger partial charge in [0.2, 0.25) is 0 Å². The number of nitrogens with zero attached hydrogens (tertiary/aromatic N) is 1. The molecule has 1 N–H and O–H groups in total. The second-order valence-corrected chi connectivity index (χ2v) is 3.89. The van der Waals surface area contributed by atoms with Crippen LogP contribution in [0.2, 0.25) is 0 Å². The van der Waals surface area contributed by atoms with Gasteiger partial charge in [0.1, 0.15) is 5.82 Å². The predicted molar refractivity (Wildman–Crippen MR) is 59.9 cm³/mol. The van der Waals surface area contributed by atoms with Gasteiger partial charge in [0.05, 0.1) is 0 Å². The first-order valence-corrected chi connectivity index (χ1v) is 5.06. The van der Waals surface area contributed by atoms with Gasteiger partial charge in [-0.1, -0.05) is 12.1 Å². The molecule has 0 bridgehead atoms. The lowest BCUT2D eigenvalue weighted by molar-refractivity contribution is 0.623. The zero-order valence-corrected chi connectivity index (χ0v) is 9.14. The second-order valence-electron chi connectivity index (χ2n) is 3.50. The third-order valence-electron chi connectivity index (χ3n) is 2.16. The summed E-state index contributed by atoms with van der Waals surface area (Å²) in [6.07, 6.45) is 1.92. The van der Waals surface area contributed by atoms with Crippen molar-refractivity contribution in [2.45, 2.75) is 13.5 Å². The van der Waals surface area contributed by atoms with E-state index in [1.165, 1.54) is 12.1 Å². The van der Waals surface area contributed by atoms with Crippen LogP contribution in [0.4, 0.5) is 4.39 Å². The van der Waals surface area contributed by atoms with Crippen molar-refractivity contribution in [1.29, 1.82) is 0 Å². The lowest BCUT2D eigenvalue weighted by Crippen LogP contribution is -1.98. The molecule has 0 atom stereocenters. The molecule has 0 amide bonds. The summed E-state index contributed by atoms with van der Waals surface area (Å²) < 4.78 is 15.5. The highest BCUT2D eigenvalue weighted by atomic mass is 32.1. The van der Waals surface area contributed by atoms with E-state index in [2.05, 4.69) is 4.98 Å². The van der Waals surface area contributed by atoms with Crippen molar-refractivity contribution in [2.24, 2.45) is 0 Å². The Hall–Kier alpha value is -1.42. The fourth-order valence-corrected chi connectivity index (χ4v) is 1.79. The third kappa shape index (κ3) is 2.33. The molecule has 15 heavy (non-hydrogen) atoms. The Morgan fingerprint density at radius 2 is 2.27 bits per heavy atom. The summed E-state index contributed by atoms with van der Waals surface area (Å²) in [6, 6.07) is 6.54. The van der Waals surface area contributed by atoms with E-state index in [0.29, 0.717) is 11.3 Å². The zero-order valence-electron chi connectivity index (χ0n) is 8.33. The molecule has 0 radical (unpaired) electrons. The minimum absolute atomic E-state index is 0.216. The third-order valence-corrected chi connectivity index (χ3v) is 2.49. The number of hydrogen-bond donors (Lipinski definition) is 1. The van der Waals surface area contributed by atoms with Crippen molar-refractivity contribution in [1.82, 2.24) is 9.55 Å². The topological polar surface area (TPSA) is 20.7 Å². The van der Waals surface area contributed by atoms with Crippen LogP contribution in [0.25, 0.3) is 0 Å². The second kappa shape index (κ2) is 3.98. The van der Waals surface area contributed by atoms with Crippen molar-refractivity contribution in [3.05, 3.63) is 52.3 Å². The molecule has 1 heterocycles. The number of imidazole rings is 1. The number of benzene rings is 1. The van der Waals surface area contributed by atoms with Crippen LogP contribution in [0.3, 0.4) is 0 Å². The van der Waals surface area contributed by atoms with E-state index in [-0.39, 0.29) is 5.82 Å². The summed E-state index contributed by atoms with van der Waals surface area (Å²) in [7, 11) is 0. The van der Waals surface area contributed by atoms with Crippen LogP contribution in [-0.4, -0.2) is 9.55 Å². The Kier molecular flexibility index (Phi) is 2.68. The van der Waals surface area contributed by atoms with Crippen molar-refractivity contribution in [2.75, 3.05) is 0 Å². The number of aromatic amines is 1. The lowest BCUT2D eigenvalue weighted by atomic mass is 10.2. The molecule has 0 saturated heterocycles. The highest BCUT2D eigenvalue weighted by Crippen LogP contribution is 2.07. The van der Waals surface area contributed by atoms with E-state index in [1.807, 2.05) is 23.8 Å². The molecule has 78 valence electrons. The molecule has 4 heteroatoms. The number of H-pyrrole nitrogens is 1. The van der Waals surface area contributed by atoms with Crippen LogP contribution in [0, 0.1) is 17.5 Å². The normalized spacial score (nSPS) is 10.5. The standard InChI is InChI=1S/C11H11FN2S/c1-8-6-14(11(15)13-8)7-9-3-2-4-10(12)5-9/h2-6H,7H2,1H3,(H,13,15). The SMILES string of the molecule is Cc1cn(Cc2cccc(F)c2)c(=S)[nH]1. The summed E-state index contributed by atoms with van der Waals surface area (Å²) >= 11 is 5.12. The maximum absolute atomic E-state index is 12.9. The number of halogens is 1. The molecule has 0 aliphatic heterocycles. The Bertz CT molecular complexity index is 527. The molecule has 0 spiro atoms. The average molecular weight is 222 g/mol. The number of rotatable bonds is 2. The molecule has 2 nitrogen and oxygen atoms in total. The van der Waals surface area contributed by atoms with Gasteiger partial charge < -0.3 is 9.55 Å². The van der Waals surface area contributed by atoms with Crippen molar-refractivity contribution in [3.63, 3.8) is 0 Å². The van der Waals surface area contributed by atoms with Crippen LogP contribution in [0.5, 0.6) is 0 Å². The predicted octanol–water partition coefficient (Wildman–Crippen LogP) is 3.04. The molecule has 0 saturated carbocycles. The first-order chi connectivity index (χ1) is 7.15. The minimum Gasteiger partial charge on any atom is -0.335 e. The summed E-state index contributed by atoms with van der Waals surface area (Å²) in [5.41, 5.74) is 1.92. The quantitative estimate of drug-likeness (QED) is 0.774. The van der Waals surface area contributed by atoms with Gasteiger partial charge in [-0.15, -0.1) is 0 Å². The summed E-state index contributed by atoms with van der Waals surface area (Å²) in [5, 5.41) is 0. The van der Waals surface area contributed by atoms with Gasteiger partial charge >= 0.3 is 0 Å². The first kappa shape index (κ1) is 10.1. The fraction of sp³-hybridized carbons (Fsp3) is 0.182. The van der Waals surface area contributed by atoms with E-state index in [4.69, 9.17) is 12.2 Å². The van der Waals surface area contributed by atoms with E-state index >= 15 is 0 Å². The van der Waals surface area contributed by atoms with Gasteiger partial charge in [-0.25, -0.2) is 4.39 Å². The van der Waals surface area contributed by atoms with Gasteiger partial charge in [-0.05, 0) is 36.8 Å². The van der Waals surface area contributed by atoms with E-state index in [1.54, 1.807) is 6.07 Å². The Morgan fingerprint density at radius 3 is 2.87 bits per heavy atom. The molecule has 2 rings (SSSR count). The van der Waals surface area contributed by atoms with E-state index < -0.39 is 0 Å². The maximum atomic E-state index is 12.9. The maximum Gasteiger partial charge on any atom is 0.177 e. The van der Waals surface area contributed by atoms with E-state index in [0.717, 1.165) is 11.3 Å². The van der Waals surface area contributed by atoms with Crippen molar-refractivity contribution in [3.8, 4) is 0 Å². The van der Waals surface area contributed by atoms with Gasteiger partial charge in [0.15, 0.2) is 4.77 Å². The van der Waals surface area contributed by atoms with Crippen LogP contribution in [-0.2, 0) is 6.54 Å². The number of hydrogen-bond acceptors (Lipinski definition) is 1. The van der Waals surface area contributed by atoms with Crippen LogP contribution in [0.1, 0.15) is 11.3 Å². The fourth-order valence-electron chi connectivity index (χ4n) is 1.51. The largest absolute Gasteiger partial charge is 0.335 e. The van der Waals surface area contributed by atoms with Gasteiger partial charge in [0.25, 0.3) is 0 Å². The van der Waals surface area contributed by atoms with Crippen LogP contribution < -0.4 is 0 Å². The monoisotopic (exact) mass is 222 g/mol. The molecule has 0 unspecified atom stereocenters. The van der Waals surface area contributed by atoms with Crippen LogP contribution in [0.15, 0.2) is 30.5 Å². The molecule has 0 fully saturated rings. The lowest BCUT2D eigenvalue weighted by Gasteiger charge is -2.02. The Labute approximate surface area is 92.4 Å². The number of aromatic nitrogens is 2. The molecular weight excluding hydrogens is 211 g/mol. The smallest absolute Gasteiger partial charge is 0.177 e. The molecule has 1 aromatic carbocycles. The van der Waals surface area contributed by atoms with Crippen LogP contribution >= 0.6 is 12.2 Å². The number of aryl methyl sites for hydroxylation is 1. The van der Waals surface area contributed by atoms with Crippen molar-refractivity contribution >= 4 is 12.2 Å². The Balaban J connectivity index is 2.29. The molecule has 2 aromatic rings. The Morgan fingerprint density at radius 1 is 1.47 bits per heavy atom. The molecular formula is C11H11FN2S. The van der Waals surface area contributed by atoms with Gasteiger partial charge in [0, 0.05) is 18.4 Å². The number of nitrogens with one attached hydrogen (secondary N) is 1. The highest BCUT2D eigenvalue weighted by Gasteiger charge is 1.99. The summed E-state index contributed by atoms with van der Waals surface area (Å²) in [5.74, 6) is -0.216. The van der Waals surface area contributed by atoms with Crippen molar-refractivity contribution < 1.29 is 4.39 Å². The van der Waals surface area contributed by atoms with Gasteiger partial charge in [-0.3, -0.25) is 0 Å². The molecule has 0 aliphatic carbocycles. The molecule has 0 aliphatic rings. The zero-order chi connectivity index (χ0) is 10.8. The average Bonchev–Trinajstić information content (AvgIpc) is 2.45. The molecule has 1 aromatic heterocycles.